The van der Waals surface area contributed by atoms with Crippen molar-refractivity contribution in [2.24, 2.45) is 0 Å². The highest BCUT2D eigenvalue weighted by atomic mass is 16.5. The fraction of sp³-hybridized carbons (Fsp3) is 0.353. The Kier molecular flexibility index (Phi) is 4.11. The van der Waals surface area contributed by atoms with Crippen LogP contribution in [0.4, 0.5) is 5.82 Å². The maximum Gasteiger partial charge on any atom is 0.263 e. The van der Waals surface area contributed by atoms with Crippen molar-refractivity contribution < 1.29 is 9.53 Å². The van der Waals surface area contributed by atoms with Crippen LogP contribution in [0, 0.1) is 0 Å². The zero-order valence-corrected chi connectivity index (χ0v) is 14.6. The van der Waals surface area contributed by atoms with Crippen LogP contribution in [-0.2, 0) is 6.54 Å². The zero-order chi connectivity index (χ0) is 18.1. The molecule has 9 heteroatoms. The van der Waals surface area contributed by atoms with E-state index in [1.165, 1.54) is 7.11 Å². The molecule has 0 bridgehead atoms. The van der Waals surface area contributed by atoms with E-state index >= 15 is 0 Å². The average Bonchev–Trinajstić information content (AvgIpc) is 3.22. The molecular weight excluding hydrogens is 334 g/mol. The molecule has 1 aliphatic carbocycles. The van der Waals surface area contributed by atoms with Crippen molar-refractivity contribution in [3.8, 4) is 17.4 Å². The largest absolute Gasteiger partial charge is 0.479 e. The topological polar surface area (TPSA) is 99.8 Å². The molecule has 3 aromatic heterocycles. The van der Waals surface area contributed by atoms with Crippen molar-refractivity contribution in [3.05, 3.63) is 36.3 Å². The van der Waals surface area contributed by atoms with E-state index in [-0.39, 0.29) is 11.8 Å². The van der Waals surface area contributed by atoms with E-state index < -0.39 is 0 Å². The van der Waals surface area contributed by atoms with E-state index in [1.54, 1.807) is 23.3 Å². The maximum atomic E-state index is 12.6. The van der Waals surface area contributed by atoms with Crippen molar-refractivity contribution in [2.75, 3.05) is 12.4 Å². The van der Waals surface area contributed by atoms with Gasteiger partial charge in [-0.3, -0.25) is 9.48 Å². The predicted molar refractivity (Wildman–Crippen MR) is 93.9 cm³/mol. The lowest BCUT2D eigenvalue weighted by Gasteiger charge is -2.07. The predicted octanol–water partition coefficient (Wildman–Crippen LogP) is 2.15. The number of carbonyl (C=O) groups is 1. The molecule has 0 saturated heterocycles. The number of ether oxygens (including phenoxy) is 1. The summed E-state index contributed by atoms with van der Waals surface area (Å²) >= 11 is 0. The van der Waals surface area contributed by atoms with Crippen LogP contribution in [0.1, 0.15) is 36.2 Å². The molecule has 3 aromatic rings. The number of aryl methyl sites for hydroxylation is 1. The van der Waals surface area contributed by atoms with Crippen LogP contribution in [0.25, 0.3) is 11.5 Å². The molecule has 1 saturated carbocycles. The molecule has 9 nitrogen and oxygen atoms in total. The molecule has 26 heavy (non-hydrogen) atoms. The monoisotopic (exact) mass is 353 g/mol. The number of aromatic nitrogens is 6. The molecule has 0 unspecified atom stereocenters. The van der Waals surface area contributed by atoms with E-state index in [0.29, 0.717) is 35.5 Å². The fourth-order valence-electron chi connectivity index (χ4n) is 2.73. The number of hydrogen-bond acceptors (Lipinski definition) is 6. The molecule has 3 heterocycles. The van der Waals surface area contributed by atoms with Gasteiger partial charge in [-0.05, 0) is 31.9 Å². The summed E-state index contributed by atoms with van der Waals surface area (Å²) in [6, 6.07) is 5.87. The average molecular weight is 353 g/mol. The van der Waals surface area contributed by atoms with Gasteiger partial charge in [-0.15, -0.1) is 15.3 Å². The summed E-state index contributed by atoms with van der Waals surface area (Å²) in [7, 11) is 1.49. The number of pyridine rings is 1. The molecular formula is C17H19N7O2. The van der Waals surface area contributed by atoms with Gasteiger partial charge in [0, 0.05) is 18.8 Å². The lowest BCUT2D eigenvalue weighted by Crippen LogP contribution is -2.13. The third kappa shape index (κ3) is 3.03. The van der Waals surface area contributed by atoms with Crippen molar-refractivity contribution in [1.29, 1.82) is 0 Å². The van der Waals surface area contributed by atoms with Gasteiger partial charge >= 0.3 is 0 Å². The number of amides is 1. The summed E-state index contributed by atoms with van der Waals surface area (Å²) in [6.45, 7) is 2.59. The highest BCUT2D eigenvalue weighted by Crippen LogP contribution is 2.37. The summed E-state index contributed by atoms with van der Waals surface area (Å²) in [4.78, 5) is 17.1. The summed E-state index contributed by atoms with van der Waals surface area (Å²) in [5, 5.41) is 15.2. The lowest BCUT2D eigenvalue weighted by atomic mass is 10.3. The summed E-state index contributed by atoms with van der Waals surface area (Å²) < 4.78 is 8.86. The first kappa shape index (κ1) is 16.2. The van der Waals surface area contributed by atoms with Gasteiger partial charge in [-0.1, -0.05) is 6.07 Å². The Labute approximate surface area is 150 Å². The molecule has 1 aliphatic rings. The third-order valence-electron chi connectivity index (χ3n) is 4.22. The van der Waals surface area contributed by atoms with Crippen molar-refractivity contribution in [2.45, 2.75) is 32.4 Å². The zero-order valence-electron chi connectivity index (χ0n) is 14.6. The van der Waals surface area contributed by atoms with Crippen LogP contribution in [-0.4, -0.2) is 42.5 Å². The van der Waals surface area contributed by atoms with E-state index in [2.05, 4.69) is 25.6 Å². The molecule has 1 fully saturated rings. The van der Waals surface area contributed by atoms with E-state index in [0.717, 1.165) is 12.8 Å². The smallest absolute Gasteiger partial charge is 0.263 e. The molecule has 0 aromatic carbocycles. The minimum atomic E-state index is -0.324. The van der Waals surface area contributed by atoms with Crippen LogP contribution in [0.2, 0.25) is 0 Å². The highest BCUT2D eigenvalue weighted by molar-refractivity contribution is 6.05. The normalized spacial score (nSPS) is 13.6. The first-order valence-corrected chi connectivity index (χ1v) is 8.49. The van der Waals surface area contributed by atoms with E-state index in [9.17, 15) is 4.79 Å². The summed E-state index contributed by atoms with van der Waals surface area (Å²) in [6.07, 6.45) is 5.64. The molecule has 1 N–H and O–H groups in total. The number of rotatable bonds is 6. The molecule has 0 aliphatic heterocycles. The number of hydrogen-bond donors (Lipinski definition) is 1. The van der Waals surface area contributed by atoms with E-state index in [4.69, 9.17) is 4.74 Å². The number of carbonyl (C=O) groups excluding carboxylic acids is 1. The Hall–Kier alpha value is -3.23. The molecule has 134 valence electrons. The number of nitrogens with one attached hydrogen (secondary N) is 1. The van der Waals surface area contributed by atoms with Crippen LogP contribution in [0.5, 0.6) is 5.88 Å². The van der Waals surface area contributed by atoms with Crippen LogP contribution in [0.3, 0.4) is 0 Å². The molecule has 1 amide bonds. The molecule has 4 rings (SSSR count). The Balaban J connectivity index is 1.58. The van der Waals surface area contributed by atoms with Gasteiger partial charge in [-0.2, -0.15) is 0 Å². The minimum absolute atomic E-state index is 0.286. The molecule has 0 radical (unpaired) electrons. The standard InChI is InChI=1S/C17H19N7O2/c1-3-23-9-12(17(22-23)26-2)16(25)20-14-6-4-5-13(19-14)15-21-18-10-24(15)11-7-8-11/h4-6,9-11H,3,7-8H2,1-2H3,(H,19,20,25). The second-order valence-corrected chi connectivity index (χ2v) is 6.06. The van der Waals surface area contributed by atoms with Gasteiger partial charge in [0.1, 0.15) is 23.4 Å². The Morgan fingerprint density at radius 2 is 2.23 bits per heavy atom. The summed E-state index contributed by atoms with van der Waals surface area (Å²) in [5.74, 6) is 1.10. The lowest BCUT2D eigenvalue weighted by molar-refractivity contribution is 0.102. The Morgan fingerprint density at radius 1 is 1.38 bits per heavy atom. The number of anilines is 1. The Bertz CT molecular complexity index is 942. The Morgan fingerprint density at radius 3 is 2.96 bits per heavy atom. The van der Waals surface area contributed by atoms with Crippen molar-refractivity contribution >= 4 is 11.7 Å². The van der Waals surface area contributed by atoms with Crippen molar-refractivity contribution in [1.82, 2.24) is 29.5 Å². The quantitative estimate of drug-likeness (QED) is 0.729. The van der Waals surface area contributed by atoms with Gasteiger partial charge in [-0.25, -0.2) is 4.98 Å². The minimum Gasteiger partial charge on any atom is -0.479 e. The second-order valence-electron chi connectivity index (χ2n) is 6.06. The van der Waals surface area contributed by atoms with Gasteiger partial charge in [0.15, 0.2) is 5.82 Å². The van der Waals surface area contributed by atoms with Crippen LogP contribution < -0.4 is 10.1 Å². The van der Waals surface area contributed by atoms with Gasteiger partial charge < -0.3 is 14.6 Å². The number of nitrogens with zero attached hydrogens (tertiary/aromatic N) is 6. The fourth-order valence-corrected chi connectivity index (χ4v) is 2.73. The van der Waals surface area contributed by atoms with Crippen molar-refractivity contribution in [3.63, 3.8) is 0 Å². The third-order valence-corrected chi connectivity index (χ3v) is 4.22. The first-order valence-electron chi connectivity index (χ1n) is 8.49. The summed E-state index contributed by atoms with van der Waals surface area (Å²) in [5.41, 5.74) is 1.03. The van der Waals surface area contributed by atoms with Crippen LogP contribution in [0.15, 0.2) is 30.7 Å². The van der Waals surface area contributed by atoms with Gasteiger partial charge in [0.25, 0.3) is 5.91 Å². The SMILES string of the molecule is CCn1cc(C(=O)Nc2cccc(-c3nncn3C3CC3)n2)c(OC)n1. The molecule has 0 spiro atoms. The van der Waals surface area contributed by atoms with Crippen LogP contribution >= 0.6 is 0 Å². The molecule has 0 atom stereocenters. The highest BCUT2D eigenvalue weighted by Gasteiger charge is 2.27. The van der Waals surface area contributed by atoms with Gasteiger partial charge in [0.2, 0.25) is 5.88 Å². The van der Waals surface area contributed by atoms with E-state index in [1.807, 2.05) is 23.6 Å². The maximum absolute atomic E-state index is 12.6. The first-order chi connectivity index (χ1) is 12.7. The van der Waals surface area contributed by atoms with Gasteiger partial charge in [0.05, 0.1) is 7.11 Å². The second kappa shape index (κ2) is 6.58. The number of methoxy groups -OCH3 is 1.